The summed E-state index contributed by atoms with van der Waals surface area (Å²) >= 11 is 0. The van der Waals surface area contributed by atoms with Gasteiger partial charge in [0.1, 0.15) is 17.5 Å². The van der Waals surface area contributed by atoms with Crippen molar-refractivity contribution >= 4 is 23.2 Å². The average molecular weight is 418 g/mol. The van der Waals surface area contributed by atoms with E-state index < -0.39 is 11.7 Å². The van der Waals surface area contributed by atoms with Gasteiger partial charge in [-0.2, -0.15) is 5.26 Å². The molecule has 2 aromatic rings. The Balaban J connectivity index is 1.92. The van der Waals surface area contributed by atoms with E-state index in [-0.39, 0.29) is 16.7 Å². The van der Waals surface area contributed by atoms with Crippen LogP contribution in [0.15, 0.2) is 54.1 Å². The summed E-state index contributed by atoms with van der Waals surface area (Å²) in [5.74, 6) is -0.974. The van der Waals surface area contributed by atoms with Crippen LogP contribution in [-0.4, -0.2) is 18.0 Å². The van der Waals surface area contributed by atoms with Crippen molar-refractivity contribution in [1.29, 1.82) is 5.26 Å². The van der Waals surface area contributed by atoms with Gasteiger partial charge in [-0.15, -0.1) is 0 Å². The maximum Gasteiger partial charge on any atom is 0.262 e. The van der Waals surface area contributed by atoms with Crippen LogP contribution < -0.4 is 10.2 Å². The normalized spacial score (nSPS) is 15.0. The zero-order valence-corrected chi connectivity index (χ0v) is 18.5. The summed E-state index contributed by atoms with van der Waals surface area (Å²) < 4.78 is 15.0. The largest absolute Gasteiger partial charge is 0.362 e. The number of carbonyl (C=O) groups excluding carboxylic acids is 1. The fourth-order valence-electron chi connectivity index (χ4n) is 4.03. The first-order valence-electron chi connectivity index (χ1n) is 10.5. The van der Waals surface area contributed by atoms with Gasteiger partial charge >= 0.3 is 0 Å². The molecule has 0 fully saturated rings. The van der Waals surface area contributed by atoms with E-state index in [1.54, 1.807) is 6.07 Å². The summed E-state index contributed by atoms with van der Waals surface area (Å²) in [6.45, 7) is 9.45. The highest BCUT2D eigenvalue weighted by atomic mass is 19.1. The Hall–Kier alpha value is -3.39. The van der Waals surface area contributed by atoms with E-state index in [1.165, 1.54) is 12.1 Å². The van der Waals surface area contributed by atoms with Crippen molar-refractivity contribution in [3.05, 3.63) is 76.6 Å². The highest BCUT2D eigenvalue weighted by Crippen LogP contribution is 2.40. The van der Waals surface area contributed by atoms with Crippen molar-refractivity contribution in [2.75, 3.05) is 11.4 Å². The first kappa shape index (κ1) is 22.3. The second-order valence-electron chi connectivity index (χ2n) is 8.36. The van der Waals surface area contributed by atoms with Gasteiger partial charge in [0.15, 0.2) is 0 Å². The molecule has 3 rings (SSSR count). The quantitative estimate of drug-likeness (QED) is 0.501. The first-order valence-corrected chi connectivity index (χ1v) is 10.5. The molecule has 0 aliphatic carbocycles. The lowest BCUT2D eigenvalue weighted by atomic mass is 9.87. The number of rotatable bonds is 6. The molecule has 0 aromatic heterocycles. The number of amides is 1. The molecule has 2 aromatic carbocycles. The number of benzene rings is 2. The molecule has 4 nitrogen and oxygen atoms in total. The molecule has 1 heterocycles. The Morgan fingerprint density at radius 1 is 1.26 bits per heavy atom. The number of halogens is 1. The van der Waals surface area contributed by atoms with E-state index in [2.05, 4.69) is 37.1 Å². The van der Waals surface area contributed by atoms with Crippen LogP contribution in [0.3, 0.4) is 0 Å². The summed E-state index contributed by atoms with van der Waals surface area (Å²) in [6, 6.07) is 14.6. The van der Waals surface area contributed by atoms with Crippen molar-refractivity contribution in [3.8, 4) is 6.07 Å². The minimum atomic E-state index is -0.524. The van der Waals surface area contributed by atoms with Crippen molar-refractivity contribution in [2.45, 2.75) is 46.2 Å². The number of hydrogen-bond donors (Lipinski definition) is 1. The van der Waals surface area contributed by atoms with E-state index in [4.69, 9.17) is 0 Å². The van der Waals surface area contributed by atoms with Crippen LogP contribution in [0, 0.1) is 17.1 Å². The Morgan fingerprint density at radius 3 is 2.61 bits per heavy atom. The number of nitriles is 1. The Morgan fingerprint density at radius 2 is 1.97 bits per heavy atom. The summed E-state index contributed by atoms with van der Waals surface area (Å²) in [6.07, 6.45) is 4.44. The smallest absolute Gasteiger partial charge is 0.262 e. The predicted molar refractivity (Wildman–Crippen MR) is 124 cm³/mol. The molecule has 0 atom stereocenters. The third-order valence-electron chi connectivity index (χ3n) is 5.50. The summed E-state index contributed by atoms with van der Waals surface area (Å²) in [4.78, 5) is 14.7. The van der Waals surface area contributed by atoms with Crippen LogP contribution in [0.4, 0.5) is 10.1 Å². The molecule has 0 spiro atoms. The van der Waals surface area contributed by atoms with Crippen LogP contribution in [0.5, 0.6) is 0 Å². The molecule has 0 saturated heterocycles. The highest BCUT2D eigenvalue weighted by Gasteiger charge is 2.31. The zero-order chi connectivity index (χ0) is 22.6. The average Bonchev–Trinajstić information content (AvgIpc) is 2.74. The standard InChI is InChI=1S/C26H28FN3O/c1-5-11-30-24-14-23(27)20(13-22(24)18(2)15-26(30,3)4)12-21(16-28)25(31)29-17-19-9-7-6-8-10-19/h6-10,12-15H,5,11,17H2,1-4H3,(H,29,31)/b21-12+. The van der Waals surface area contributed by atoms with Crippen molar-refractivity contribution < 1.29 is 9.18 Å². The summed E-state index contributed by atoms with van der Waals surface area (Å²) in [7, 11) is 0. The Labute approximate surface area is 183 Å². The highest BCUT2D eigenvalue weighted by molar-refractivity contribution is 6.02. The van der Waals surface area contributed by atoms with Gasteiger partial charge in [0.05, 0.1) is 5.54 Å². The van der Waals surface area contributed by atoms with E-state index in [0.29, 0.717) is 6.54 Å². The van der Waals surface area contributed by atoms with Gasteiger partial charge in [-0.3, -0.25) is 4.79 Å². The van der Waals surface area contributed by atoms with Gasteiger partial charge in [-0.05, 0) is 56.5 Å². The van der Waals surface area contributed by atoms with Gasteiger partial charge in [0.2, 0.25) is 0 Å². The number of carbonyl (C=O) groups is 1. The number of hydrogen-bond acceptors (Lipinski definition) is 3. The van der Waals surface area contributed by atoms with Gasteiger partial charge in [0, 0.05) is 29.9 Å². The van der Waals surface area contributed by atoms with Crippen LogP contribution in [0.25, 0.3) is 11.6 Å². The van der Waals surface area contributed by atoms with Gasteiger partial charge < -0.3 is 10.2 Å². The van der Waals surface area contributed by atoms with E-state index >= 15 is 4.39 Å². The molecular weight excluding hydrogens is 389 g/mol. The molecule has 5 heteroatoms. The van der Waals surface area contributed by atoms with Crippen LogP contribution in [0.1, 0.15) is 50.8 Å². The summed E-state index contributed by atoms with van der Waals surface area (Å²) in [5.41, 5.74) is 3.62. The molecule has 0 unspecified atom stereocenters. The minimum absolute atomic E-state index is 0.127. The number of allylic oxidation sites excluding steroid dienone is 1. The predicted octanol–water partition coefficient (Wildman–Crippen LogP) is 5.46. The summed E-state index contributed by atoms with van der Waals surface area (Å²) in [5, 5.41) is 12.2. The molecule has 0 saturated carbocycles. The Bertz CT molecular complexity index is 1080. The fraction of sp³-hybridized carbons (Fsp3) is 0.308. The maximum absolute atomic E-state index is 15.0. The Kier molecular flexibility index (Phi) is 6.60. The van der Waals surface area contributed by atoms with Gasteiger partial charge in [-0.25, -0.2) is 4.39 Å². The molecule has 0 radical (unpaired) electrons. The second-order valence-corrected chi connectivity index (χ2v) is 8.36. The lowest BCUT2D eigenvalue weighted by molar-refractivity contribution is -0.117. The number of anilines is 1. The van der Waals surface area contributed by atoms with Crippen LogP contribution in [-0.2, 0) is 11.3 Å². The number of nitrogens with zero attached hydrogens (tertiary/aromatic N) is 2. The van der Waals surface area contributed by atoms with E-state index in [9.17, 15) is 10.1 Å². The molecule has 0 bridgehead atoms. The molecule has 1 amide bonds. The molecular formula is C26H28FN3O. The SMILES string of the molecule is CCCN1c2cc(F)c(/C=C(\C#N)C(=O)NCc3ccccc3)cc2C(C)=CC1(C)C. The van der Waals surface area contributed by atoms with E-state index in [1.807, 2.05) is 43.3 Å². The van der Waals surface area contributed by atoms with Crippen LogP contribution >= 0.6 is 0 Å². The van der Waals surface area contributed by atoms with E-state index in [0.717, 1.165) is 35.4 Å². The zero-order valence-electron chi connectivity index (χ0n) is 18.5. The monoisotopic (exact) mass is 417 g/mol. The fourth-order valence-corrected chi connectivity index (χ4v) is 4.03. The van der Waals surface area contributed by atoms with Gasteiger partial charge in [-0.1, -0.05) is 43.3 Å². The molecule has 1 N–H and O–H groups in total. The molecule has 160 valence electrons. The lowest BCUT2D eigenvalue weighted by Crippen LogP contribution is -2.45. The molecule has 31 heavy (non-hydrogen) atoms. The minimum Gasteiger partial charge on any atom is -0.362 e. The number of fused-ring (bicyclic) bond motifs is 1. The third kappa shape index (κ3) is 4.86. The maximum atomic E-state index is 15.0. The molecule has 1 aliphatic rings. The van der Waals surface area contributed by atoms with Crippen molar-refractivity contribution in [3.63, 3.8) is 0 Å². The molecule has 1 aliphatic heterocycles. The second kappa shape index (κ2) is 9.18. The lowest BCUT2D eigenvalue weighted by Gasteiger charge is -2.43. The number of nitrogens with one attached hydrogen (secondary N) is 1. The van der Waals surface area contributed by atoms with Crippen LogP contribution in [0.2, 0.25) is 0 Å². The topological polar surface area (TPSA) is 56.1 Å². The third-order valence-corrected chi connectivity index (χ3v) is 5.50. The van der Waals surface area contributed by atoms with Crippen molar-refractivity contribution in [1.82, 2.24) is 5.32 Å². The first-order chi connectivity index (χ1) is 14.8. The van der Waals surface area contributed by atoms with Crippen molar-refractivity contribution in [2.24, 2.45) is 0 Å². The van der Waals surface area contributed by atoms with Gasteiger partial charge in [0.25, 0.3) is 5.91 Å².